The summed E-state index contributed by atoms with van der Waals surface area (Å²) in [4.78, 5) is 16.9. The summed E-state index contributed by atoms with van der Waals surface area (Å²) in [5.41, 5.74) is 2.91. The molecule has 0 saturated carbocycles. The molecular weight excluding hydrogens is 390 g/mol. The van der Waals surface area contributed by atoms with Crippen LogP contribution in [0.25, 0.3) is 0 Å². The first-order chi connectivity index (χ1) is 14.0. The molecule has 0 aliphatic carbocycles. The van der Waals surface area contributed by atoms with Gasteiger partial charge in [0.25, 0.3) is 0 Å². The number of rotatable bonds is 7. The molecule has 0 atom stereocenters. The molecular formula is C22H28ClN3O3. The van der Waals surface area contributed by atoms with Crippen molar-refractivity contribution in [2.45, 2.75) is 13.5 Å². The van der Waals surface area contributed by atoms with Gasteiger partial charge in [-0.2, -0.15) is 0 Å². The molecule has 1 amide bonds. The van der Waals surface area contributed by atoms with Crippen molar-refractivity contribution in [3.8, 4) is 11.5 Å². The fourth-order valence-corrected chi connectivity index (χ4v) is 3.60. The summed E-state index contributed by atoms with van der Waals surface area (Å²) < 4.78 is 10.7. The first-order valence-corrected chi connectivity index (χ1v) is 10.1. The lowest BCUT2D eigenvalue weighted by molar-refractivity contribution is -0.117. The van der Waals surface area contributed by atoms with E-state index in [4.69, 9.17) is 21.1 Å². The summed E-state index contributed by atoms with van der Waals surface area (Å²) in [5.74, 6) is 1.47. The van der Waals surface area contributed by atoms with Crippen LogP contribution < -0.4 is 14.8 Å². The molecule has 0 spiro atoms. The van der Waals surface area contributed by atoms with Crippen molar-refractivity contribution in [1.82, 2.24) is 9.80 Å². The Kier molecular flexibility index (Phi) is 7.36. The van der Waals surface area contributed by atoms with Crippen molar-refractivity contribution in [2.75, 3.05) is 52.3 Å². The minimum Gasteiger partial charge on any atom is -0.493 e. The van der Waals surface area contributed by atoms with Crippen LogP contribution in [0.1, 0.15) is 11.1 Å². The third-order valence-electron chi connectivity index (χ3n) is 5.14. The first kappa shape index (κ1) is 21.4. The topological polar surface area (TPSA) is 54.0 Å². The van der Waals surface area contributed by atoms with E-state index in [2.05, 4.69) is 21.2 Å². The smallest absolute Gasteiger partial charge is 0.238 e. The van der Waals surface area contributed by atoms with Crippen molar-refractivity contribution >= 4 is 23.2 Å². The molecule has 2 aromatic carbocycles. The SMILES string of the molecule is COc1ccc(CN2CCN(CC(=O)Nc3ccc(C)c(Cl)c3)CC2)cc1OC. The van der Waals surface area contributed by atoms with Crippen LogP contribution in [0.2, 0.25) is 5.02 Å². The molecule has 1 saturated heterocycles. The normalized spacial score (nSPS) is 15.2. The predicted molar refractivity (Wildman–Crippen MR) is 116 cm³/mol. The maximum Gasteiger partial charge on any atom is 0.238 e. The maximum absolute atomic E-state index is 12.3. The van der Waals surface area contributed by atoms with Crippen molar-refractivity contribution in [1.29, 1.82) is 0 Å². The molecule has 2 aromatic rings. The predicted octanol–water partition coefficient (Wildman–Crippen LogP) is 3.42. The van der Waals surface area contributed by atoms with Gasteiger partial charge in [-0.15, -0.1) is 0 Å². The third-order valence-corrected chi connectivity index (χ3v) is 5.55. The Bertz CT molecular complexity index is 851. The maximum atomic E-state index is 12.3. The van der Waals surface area contributed by atoms with Crippen molar-refractivity contribution in [2.24, 2.45) is 0 Å². The van der Waals surface area contributed by atoms with E-state index in [0.29, 0.717) is 11.6 Å². The minimum atomic E-state index is -0.0155. The van der Waals surface area contributed by atoms with E-state index in [1.807, 2.05) is 31.2 Å². The minimum absolute atomic E-state index is 0.0155. The van der Waals surface area contributed by atoms with Gasteiger partial charge in [0, 0.05) is 43.4 Å². The van der Waals surface area contributed by atoms with E-state index < -0.39 is 0 Å². The van der Waals surface area contributed by atoms with Crippen molar-refractivity contribution in [3.63, 3.8) is 0 Å². The van der Waals surface area contributed by atoms with Gasteiger partial charge in [-0.05, 0) is 42.3 Å². The highest BCUT2D eigenvalue weighted by Gasteiger charge is 2.19. The number of aryl methyl sites for hydroxylation is 1. The van der Waals surface area contributed by atoms with Gasteiger partial charge in [-0.25, -0.2) is 0 Å². The number of benzene rings is 2. The quantitative estimate of drug-likeness (QED) is 0.748. The first-order valence-electron chi connectivity index (χ1n) is 9.70. The van der Waals surface area contributed by atoms with E-state index in [9.17, 15) is 4.79 Å². The Labute approximate surface area is 177 Å². The van der Waals surface area contributed by atoms with Gasteiger partial charge in [-0.1, -0.05) is 23.7 Å². The summed E-state index contributed by atoms with van der Waals surface area (Å²) in [5, 5.41) is 3.59. The fraction of sp³-hybridized carbons (Fsp3) is 0.409. The molecule has 3 rings (SSSR count). The van der Waals surface area contributed by atoms with Crippen LogP contribution in [0, 0.1) is 6.92 Å². The molecule has 1 aliphatic heterocycles. The average molecular weight is 418 g/mol. The lowest BCUT2D eigenvalue weighted by Gasteiger charge is -2.34. The summed E-state index contributed by atoms with van der Waals surface area (Å²) in [6, 6.07) is 11.6. The standard InChI is InChI=1S/C22H28ClN3O3/c1-16-4-6-18(13-19(16)23)24-22(27)15-26-10-8-25(9-11-26)14-17-5-7-20(28-2)21(12-17)29-3/h4-7,12-13H,8-11,14-15H2,1-3H3,(H,24,27). The number of carbonyl (C=O) groups excluding carboxylic acids is 1. The highest BCUT2D eigenvalue weighted by atomic mass is 35.5. The molecule has 1 aliphatic rings. The highest BCUT2D eigenvalue weighted by Crippen LogP contribution is 2.28. The van der Waals surface area contributed by atoms with Crippen LogP contribution in [0.3, 0.4) is 0 Å². The molecule has 7 heteroatoms. The molecule has 156 valence electrons. The van der Waals surface area contributed by atoms with Crippen LogP contribution >= 0.6 is 11.6 Å². The van der Waals surface area contributed by atoms with E-state index in [-0.39, 0.29) is 5.91 Å². The van der Waals surface area contributed by atoms with Crippen LogP contribution in [-0.4, -0.2) is 62.7 Å². The number of halogens is 1. The highest BCUT2D eigenvalue weighted by molar-refractivity contribution is 6.31. The van der Waals surface area contributed by atoms with Gasteiger partial charge >= 0.3 is 0 Å². The molecule has 6 nitrogen and oxygen atoms in total. The molecule has 0 aromatic heterocycles. The van der Waals surface area contributed by atoms with Crippen LogP contribution in [-0.2, 0) is 11.3 Å². The van der Waals surface area contributed by atoms with Crippen molar-refractivity contribution < 1.29 is 14.3 Å². The number of methoxy groups -OCH3 is 2. The van der Waals surface area contributed by atoms with E-state index in [1.165, 1.54) is 5.56 Å². The number of hydrogen-bond donors (Lipinski definition) is 1. The van der Waals surface area contributed by atoms with E-state index in [1.54, 1.807) is 20.3 Å². The zero-order valence-electron chi connectivity index (χ0n) is 17.2. The Hall–Kier alpha value is -2.28. The lowest BCUT2D eigenvalue weighted by Crippen LogP contribution is -2.48. The molecule has 0 bridgehead atoms. The number of piperazine rings is 1. The summed E-state index contributed by atoms with van der Waals surface area (Å²) in [7, 11) is 3.29. The van der Waals surface area contributed by atoms with E-state index >= 15 is 0 Å². The van der Waals surface area contributed by atoms with Gasteiger partial charge in [0.1, 0.15) is 0 Å². The second-order valence-corrected chi connectivity index (χ2v) is 7.66. The second-order valence-electron chi connectivity index (χ2n) is 7.25. The Morgan fingerprint density at radius 3 is 2.34 bits per heavy atom. The molecule has 1 fully saturated rings. The Balaban J connectivity index is 1.46. The van der Waals surface area contributed by atoms with Gasteiger partial charge in [0.15, 0.2) is 11.5 Å². The average Bonchev–Trinajstić information content (AvgIpc) is 2.72. The van der Waals surface area contributed by atoms with E-state index in [0.717, 1.165) is 55.5 Å². The third kappa shape index (κ3) is 5.85. The van der Waals surface area contributed by atoms with Crippen LogP contribution in [0.5, 0.6) is 11.5 Å². The number of nitrogens with one attached hydrogen (secondary N) is 1. The summed E-state index contributed by atoms with van der Waals surface area (Å²) in [6.07, 6.45) is 0. The molecule has 0 radical (unpaired) electrons. The zero-order valence-corrected chi connectivity index (χ0v) is 18.0. The zero-order chi connectivity index (χ0) is 20.8. The largest absolute Gasteiger partial charge is 0.493 e. The van der Waals surface area contributed by atoms with Gasteiger partial charge in [0.05, 0.1) is 20.8 Å². The number of nitrogens with zero attached hydrogens (tertiary/aromatic N) is 2. The fourth-order valence-electron chi connectivity index (χ4n) is 3.42. The second kappa shape index (κ2) is 9.96. The number of ether oxygens (including phenoxy) is 2. The lowest BCUT2D eigenvalue weighted by atomic mass is 10.1. The molecule has 1 N–H and O–H groups in total. The van der Waals surface area contributed by atoms with Gasteiger partial charge in [0.2, 0.25) is 5.91 Å². The monoisotopic (exact) mass is 417 g/mol. The molecule has 0 unspecified atom stereocenters. The number of carbonyl (C=O) groups is 1. The summed E-state index contributed by atoms with van der Waals surface area (Å²) in [6.45, 7) is 6.72. The number of amides is 1. The van der Waals surface area contributed by atoms with Gasteiger partial charge in [-0.3, -0.25) is 14.6 Å². The van der Waals surface area contributed by atoms with Crippen LogP contribution in [0.15, 0.2) is 36.4 Å². The number of hydrogen-bond acceptors (Lipinski definition) is 5. The summed E-state index contributed by atoms with van der Waals surface area (Å²) >= 11 is 6.13. The van der Waals surface area contributed by atoms with Gasteiger partial charge < -0.3 is 14.8 Å². The van der Waals surface area contributed by atoms with Crippen molar-refractivity contribution in [3.05, 3.63) is 52.5 Å². The Morgan fingerprint density at radius 1 is 1.00 bits per heavy atom. The van der Waals surface area contributed by atoms with Crippen LogP contribution in [0.4, 0.5) is 5.69 Å². The molecule has 29 heavy (non-hydrogen) atoms. The Morgan fingerprint density at radius 2 is 1.69 bits per heavy atom. The molecule has 1 heterocycles. The number of anilines is 1.